The normalized spacial score (nSPS) is 17.6. The van der Waals surface area contributed by atoms with Gasteiger partial charge in [-0.1, -0.05) is 25.4 Å². The van der Waals surface area contributed by atoms with Crippen LogP contribution in [0, 0.1) is 0 Å². The van der Waals surface area contributed by atoms with E-state index in [0.717, 1.165) is 11.3 Å². The quantitative estimate of drug-likeness (QED) is 0.692. The molecule has 0 atom stereocenters. The maximum atomic E-state index is 11.4. The van der Waals surface area contributed by atoms with Crippen molar-refractivity contribution in [3.05, 3.63) is 28.3 Å². The SMILES string of the molecule is CC(=O)c1ccc2c(c1Cl)C(C)(C)CS2. The Morgan fingerprint density at radius 3 is 2.73 bits per heavy atom. The van der Waals surface area contributed by atoms with E-state index in [-0.39, 0.29) is 11.2 Å². The minimum Gasteiger partial charge on any atom is -0.294 e. The highest BCUT2D eigenvalue weighted by Crippen LogP contribution is 2.47. The Labute approximate surface area is 99.2 Å². The number of hydrogen-bond acceptors (Lipinski definition) is 2. The lowest BCUT2D eigenvalue weighted by Crippen LogP contribution is -2.17. The van der Waals surface area contributed by atoms with Crippen LogP contribution in [0.1, 0.15) is 36.7 Å². The van der Waals surface area contributed by atoms with Crippen LogP contribution in [0.4, 0.5) is 0 Å². The summed E-state index contributed by atoms with van der Waals surface area (Å²) < 4.78 is 0. The predicted molar refractivity (Wildman–Crippen MR) is 65.2 cm³/mol. The van der Waals surface area contributed by atoms with Gasteiger partial charge in [-0.3, -0.25) is 4.79 Å². The van der Waals surface area contributed by atoms with Crippen LogP contribution in [0.2, 0.25) is 5.02 Å². The highest BCUT2D eigenvalue weighted by molar-refractivity contribution is 7.99. The van der Waals surface area contributed by atoms with Crippen molar-refractivity contribution in [2.24, 2.45) is 0 Å². The van der Waals surface area contributed by atoms with Gasteiger partial charge < -0.3 is 0 Å². The lowest BCUT2D eigenvalue weighted by molar-refractivity contribution is 0.101. The van der Waals surface area contributed by atoms with E-state index in [1.165, 1.54) is 4.90 Å². The average molecular weight is 241 g/mol. The van der Waals surface area contributed by atoms with Crippen molar-refractivity contribution in [1.29, 1.82) is 0 Å². The number of rotatable bonds is 1. The van der Waals surface area contributed by atoms with Gasteiger partial charge in [0.05, 0.1) is 5.02 Å². The molecule has 1 aliphatic heterocycles. The molecule has 1 aromatic rings. The third-order valence-corrected chi connectivity index (χ3v) is 4.66. The standard InChI is InChI=1S/C12H13ClOS/c1-7(14)8-4-5-9-10(11(8)13)12(2,3)6-15-9/h4-5H,6H2,1-3H3. The van der Waals surface area contributed by atoms with Gasteiger partial charge in [-0.2, -0.15) is 0 Å². The van der Waals surface area contributed by atoms with Crippen LogP contribution in [-0.2, 0) is 5.41 Å². The zero-order valence-electron chi connectivity index (χ0n) is 9.06. The van der Waals surface area contributed by atoms with E-state index in [1.54, 1.807) is 6.92 Å². The summed E-state index contributed by atoms with van der Waals surface area (Å²) in [6.45, 7) is 5.89. The fraction of sp³-hybridized carbons (Fsp3) is 0.417. The summed E-state index contributed by atoms with van der Waals surface area (Å²) in [4.78, 5) is 12.6. The first kappa shape index (κ1) is 11.0. The Bertz CT molecular complexity index is 437. The van der Waals surface area contributed by atoms with Gasteiger partial charge >= 0.3 is 0 Å². The summed E-state index contributed by atoms with van der Waals surface area (Å²) in [5, 5.41) is 0.648. The predicted octanol–water partition coefficient (Wildman–Crippen LogP) is 3.93. The summed E-state index contributed by atoms with van der Waals surface area (Å²) in [6, 6.07) is 3.84. The molecule has 2 rings (SSSR count). The first-order valence-electron chi connectivity index (χ1n) is 4.90. The van der Waals surface area contributed by atoms with Gasteiger partial charge in [-0.25, -0.2) is 0 Å². The second-order valence-corrected chi connectivity index (χ2v) is 5.92. The molecule has 3 heteroatoms. The number of Topliss-reactive ketones (excluding diaryl/α,β-unsaturated/α-hetero) is 1. The molecular weight excluding hydrogens is 228 g/mol. The molecule has 0 aliphatic carbocycles. The first-order valence-corrected chi connectivity index (χ1v) is 6.26. The first-order chi connectivity index (χ1) is 6.93. The Balaban J connectivity index is 2.67. The fourth-order valence-corrected chi connectivity index (χ4v) is 3.87. The number of carbonyl (C=O) groups excluding carboxylic acids is 1. The minimum absolute atomic E-state index is 0.0375. The number of fused-ring (bicyclic) bond motifs is 1. The van der Waals surface area contributed by atoms with E-state index in [1.807, 2.05) is 23.9 Å². The van der Waals surface area contributed by atoms with E-state index in [4.69, 9.17) is 11.6 Å². The van der Waals surface area contributed by atoms with Crippen LogP contribution in [0.5, 0.6) is 0 Å². The molecule has 0 saturated carbocycles. The molecule has 1 aromatic carbocycles. The largest absolute Gasteiger partial charge is 0.294 e. The summed E-state index contributed by atoms with van der Waals surface area (Å²) in [7, 11) is 0. The lowest BCUT2D eigenvalue weighted by atomic mass is 9.86. The molecule has 0 saturated heterocycles. The zero-order chi connectivity index (χ0) is 11.2. The minimum atomic E-state index is 0.0375. The number of halogens is 1. The van der Waals surface area contributed by atoms with Crippen LogP contribution in [0.15, 0.2) is 17.0 Å². The third-order valence-electron chi connectivity index (χ3n) is 2.75. The van der Waals surface area contributed by atoms with Crippen LogP contribution in [0.3, 0.4) is 0 Å². The van der Waals surface area contributed by atoms with Gasteiger partial charge in [-0.05, 0) is 24.6 Å². The second-order valence-electron chi connectivity index (χ2n) is 4.53. The third kappa shape index (κ3) is 1.70. The van der Waals surface area contributed by atoms with Crippen molar-refractivity contribution < 1.29 is 4.79 Å². The van der Waals surface area contributed by atoms with Gasteiger partial charge in [0, 0.05) is 21.6 Å². The molecule has 0 spiro atoms. The Kier molecular flexibility index (Phi) is 2.60. The molecular formula is C12H13ClOS. The van der Waals surface area contributed by atoms with Crippen molar-refractivity contribution in [3.63, 3.8) is 0 Å². The summed E-state index contributed by atoms with van der Waals surface area (Å²) in [6.07, 6.45) is 0. The van der Waals surface area contributed by atoms with Crippen LogP contribution in [-0.4, -0.2) is 11.5 Å². The van der Waals surface area contributed by atoms with Crippen molar-refractivity contribution in [3.8, 4) is 0 Å². The molecule has 1 nitrogen and oxygen atoms in total. The van der Waals surface area contributed by atoms with E-state index < -0.39 is 0 Å². The van der Waals surface area contributed by atoms with Gasteiger partial charge in [-0.15, -0.1) is 11.8 Å². The van der Waals surface area contributed by atoms with Crippen molar-refractivity contribution in [1.82, 2.24) is 0 Å². The lowest BCUT2D eigenvalue weighted by Gasteiger charge is -2.20. The van der Waals surface area contributed by atoms with Gasteiger partial charge in [0.2, 0.25) is 0 Å². The molecule has 0 bridgehead atoms. The van der Waals surface area contributed by atoms with Gasteiger partial charge in [0.1, 0.15) is 0 Å². The van der Waals surface area contributed by atoms with Crippen molar-refractivity contribution in [2.45, 2.75) is 31.1 Å². The average Bonchev–Trinajstić information content (AvgIpc) is 2.42. The van der Waals surface area contributed by atoms with Crippen LogP contribution >= 0.6 is 23.4 Å². The number of carbonyl (C=O) groups is 1. The van der Waals surface area contributed by atoms with Crippen molar-refractivity contribution >= 4 is 29.1 Å². The fourth-order valence-electron chi connectivity index (χ4n) is 1.91. The Morgan fingerprint density at radius 2 is 2.13 bits per heavy atom. The van der Waals surface area contributed by atoms with Gasteiger partial charge in [0.25, 0.3) is 0 Å². The van der Waals surface area contributed by atoms with E-state index >= 15 is 0 Å². The maximum Gasteiger partial charge on any atom is 0.161 e. The molecule has 1 aliphatic rings. The van der Waals surface area contributed by atoms with Crippen molar-refractivity contribution in [2.75, 3.05) is 5.75 Å². The molecule has 80 valence electrons. The molecule has 0 aromatic heterocycles. The van der Waals surface area contributed by atoms with E-state index in [0.29, 0.717) is 10.6 Å². The highest BCUT2D eigenvalue weighted by atomic mass is 35.5. The number of benzene rings is 1. The topological polar surface area (TPSA) is 17.1 Å². The monoisotopic (exact) mass is 240 g/mol. The molecule has 1 heterocycles. The molecule has 0 amide bonds. The molecule has 0 radical (unpaired) electrons. The number of thioether (sulfide) groups is 1. The summed E-state index contributed by atoms with van der Waals surface area (Å²) in [5.74, 6) is 1.07. The molecule has 0 fully saturated rings. The smallest absolute Gasteiger partial charge is 0.161 e. The highest BCUT2D eigenvalue weighted by Gasteiger charge is 2.34. The van der Waals surface area contributed by atoms with Crippen LogP contribution < -0.4 is 0 Å². The molecule has 0 N–H and O–H groups in total. The van der Waals surface area contributed by atoms with E-state index in [2.05, 4.69) is 13.8 Å². The zero-order valence-corrected chi connectivity index (χ0v) is 10.6. The van der Waals surface area contributed by atoms with E-state index in [9.17, 15) is 4.79 Å². The Hall–Kier alpha value is -0.470. The molecule has 15 heavy (non-hydrogen) atoms. The summed E-state index contributed by atoms with van der Waals surface area (Å²) in [5.41, 5.74) is 1.86. The molecule has 0 unspecified atom stereocenters. The van der Waals surface area contributed by atoms with Gasteiger partial charge in [0.15, 0.2) is 5.78 Å². The summed E-state index contributed by atoms with van der Waals surface area (Å²) >= 11 is 8.11. The Morgan fingerprint density at radius 1 is 1.47 bits per heavy atom. The number of hydrogen-bond donors (Lipinski definition) is 0. The second kappa shape index (κ2) is 3.53. The van der Waals surface area contributed by atoms with Crippen LogP contribution in [0.25, 0.3) is 0 Å². The maximum absolute atomic E-state index is 11.4. The number of ketones is 1.